The number of nitrogens with one attached hydrogen (secondary N) is 1. The van der Waals surface area contributed by atoms with Gasteiger partial charge in [-0.3, -0.25) is 9.69 Å². The van der Waals surface area contributed by atoms with Gasteiger partial charge in [0.15, 0.2) is 0 Å². The molecule has 2 aliphatic heterocycles. The van der Waals surface area contributed by atoms with E-state index in [9.17, 15) is 14.0 Å². The highest BCUT2D eigenvalue weighted by Gasteiger charge is 2.42. The van der Waals surface area contributed by atoms with Crippen LogP contribution in [0, 0.1) is 5.82 Å². The Labute approximate surface area is 146 Å². The van der Waals surface area contributed by atoms with E-state index >= 15 is 0 Å². The Hall–Kier alpha value is -2.41. The number of nitrogens with zero attached hydrogens (tertiary/aromatic N) is 3. The molecule has 25 heavy (non-hydrogen) atoms. The highest BCUT2D eigenvalue weighted by molar-refractivity contribution is 6.01. The summed E-state index contributed by atoms with van der Waals surface area (Å²) in [5, 5.41) is 2.81. The first kappa shape index (κ1) is 17.4. The predicted octanol–water partition coefficient (Wildman–Crippen LogP) is 1.57. The van der Waals surface area contributed by atoms with Crippen LogP contribution in [0.25, 0.3) is 0 Å². The predicted molar refractivity (Wildman–Crippen MR) is 92.2 cm³/mol. The number of hydrogen-bond acceptors (Lipinski definition) is 3. The van der Waals surface area contributed by atoms with Crippen LogP contribution in [0.4, 0.5) is 9.18 Å². The molecule has 0 aliphatic carbocycles. The maximum absolute atomic E-state index is 13.6. The summed E-state index contributed by atoms with van der Waals surface area (Å²) in [5.41, 5.74) is 1.82. The van der Waals surface area contributed by atoms with Gasteiger partial charge in [-0.1, -0.05) is 12.1 Å². The highest BCUT2D eigenvalue weighted by atomic mass is 19.1. The normalized spacial score (nSPS) is 20.4. The molecular weight excluding hydrogens is 323 g/mol. The van der Waals surface area contributed by atoms with Crippen LogP contribution in [0.15, 0.2) is 35.5 Å². The molecule has 1 aromatic rings. The summed E-state index contributed by atoms with van der Waals surface area (Å²) in [6.07, 6.45) is 0.856. The molecule has 1 unspecified atom stereocenters. The minimum Gasteiger partial charge on any atom is -0.333 e. The lowest BCUT2D eigenvalue weighted by atomic mass is 9.96. The van der Waals surface area contributed by atoms with Crippen molar-refractivity contribution in [2.45, 2.75) is 12.5 Å². The molecule has 0 saturated heterocycles. The fraction of sp³-hybridized carbons (Fsp3) is 0.444. The summed E-state index contributed by atoms with van der Waals surface area (Å²) in [6.45, 7) is 1.92. The van der Waals surface area contributed by atoms with Crippen LogP contribution in [0.2, 0.25) is 0 Å². The molecule has 0 aromatic heterocycles. The van der Waals surface area contributed by atoms with Crippen LogP contribution >= 0.6 is 0 Å². The van der Waals surface area contributed by atoms with Gasteiger partial charge in [-0.05, 0) is 44.8 Å². The Balaban J connectivity index is 1.87. The van der Waals surface area contributed by atoms with E-state index in [1.807, 2.05) is 14.1 Å². The van der Waals surface area contributed by atoms with Gasteiger partial charge in [0.25, 0.3) is 5.91 Å². The van der Waals surface area contributed by atoms with Gasteiger partial charge in [-0.15, -0.1) is 0 Å². The van der Waals surface area contributed by atoms with Crippen LogP contribution in [-0.2, 0) is 4.79 Å². The number of carbonyl (C=O) groups is 2. The zero-order valence-electron chi connectivity index (χ0n) is 14.8. The van der Waals surface area contributed by atoms with Crippen LogP contribution in [0.3, 0.4) is 0 Å². The van der Waals surface area contributed by atoms with Crippen LogP contribution in [0.1, 0.15) is 18.0 Å². The molecule has 0 saturated carbocycles. The zero-order valence-corrected chi connectivity index (χ0v) is 14.8. The maximum atomic E-state index is 13.6. The Morgan fingerprint density at radius 1 is 1.32 bits per heavy atom. The lowest BCUT2D eigenvalue weighted by molar-refractivity contribution is -0.125. The van der Waals surface area contributed by atoms with E-state index in [0.717, 1.165) is 13.0 Å². The molecule has 1 N–H and O–H groups in total. The van der Waals surface area contributed by atoms with Crippen LogP contribution in [0.5, 0.6) is 0 Å². The second kappa shape index (κ2) is 6.84. The summed E-state index contributed by atoms with van der Waals surface area (Å²) >= 11 is 0. The molecule has 2 heterocycles. The van der Waals surface area contributed by atoms with Crippen molar-refractivity contribution in [2.75, 3.05) is 40.8 Å². The number of rotatable bonds is 5. The summed E-state index contributed by atoms with van der Waals surface area (Å²) < 4.78 is 13.6. The van der Waals surface area contributed by atoms with Gasteiger partial charge in [0.05, 0.1) is 23.9 Å². The molecule has 3 amide bonds. The molecule has 0 radical (unpaired) electrons. The third kappa shape index (κ3) is 3.37. The molecule has 7 heteroatoms. The topological polar surface area (TPSA) is 55.9 Å². The van der Waals surface area contributed by atoms with E-state index in [1.54, 1.807) is 24.1 Å². The van der Waals surface area contributed by atoms with Crippen molar-refractivity contribution in [1.29, 1.82) is 0 Å². The Bertz CT molecular complexity index is 732. The largest absolute Gasteiger partial charge is 0.333 e. The first-order valence-electron chi connectivity index (χ1n) is 8.35. The molecule has 2 aliphatic rings. The lowest BCUT2D eigenvalue weighted by Gasteiger charge is -2.31. The second-order valence-electron chi connectivity index (χ2n) is 6.74. The van der Waals surface area contributed by atoms with E-state index in [-0.39, 0.29) is 17.8 Å². The third-order valence-electron chi connectivity index (χ3n) is 4.65. The highest BCUT2D eigenvalue weighted by Crippen LogP contribution is 2.35. The first-order valence-corrected chi connectivity index (χ1v) is 8.35. The molecule has 3 rings (SSSR count). The number of halogens is 1. The molecular formula is C18H23FN4O2. The van der Waals surface area contributed by atoms with E-state index in [4.69, 9.17) is 0 Å². The first-order chi connectivity index (χ1) is 11.9. The third-order valence-corrected chi connectivity index (χ3v) is 4.65. The molecule has 0 spiro atoms. The van der Waals surface area contributed by atoms with Gasteiger partial charge in [0.1, 0.15) is 5.82 Å². The van der Waals surface area contributed by atoms with Gasteiger partial charge in [-0.25, -0.2) is 9.18 Å². The summed E-state index contributed by atoms with van der Waals surface area (Å²) in [5.74, 6) is -0.476. The van der Waals surface area contributed by atoms with Crippen LogP contribution in [-0.4, -0.2) is 67.4 Å². The Kier molecular flexibility index (Phi) is 4.76. The number of urea groups is 1. The zero-order chi connectivity index (χ0) is 18.1. The van der Waals surface area contributed by atoms with Gasteiger partial charge in [0, 0.05) is 13.6 Å². The van der Waals surface area contributed by atoms with Crippen LogP contribution < -0.4 is 5.32 Å². The number of benzene rings is 1. The average molecular weight is 346 g/mol. The number of carbonyl (C=O) groups excluding carboxylic acids is 2. The number of hydrogen-bond donors (Lipinski definition) is 1. The van der Waals surface area contributed by atoms with Gasteiger partial charge in [-0.2, -0.15) is 0 Å². The summed E-state index contributed by atoms with van der Waals surface area (Å²) in [7, 11) is 5.64. The minimum atomic E-state index is -0.610. The van der Waals surface area contributed by atoms with Gasteiger partial charge in [0.2, 0.25) is 0 Å². The minimum absolute atomic E-state index is 0.0881. The van der Waals surface area contributed by atoms with Crippen molar-refractivity contribution >= 4 is 11.9 Å². The molecule has 1 aromatic carbocycles. The Morgan fingerprint density at radius 3 is 2.76 bits per heavy atom. The van der Waals surface area contributed by atoms with Crippen molar-refractivity contribution in [1.82, 2.24) is 20.0 Å². The van der Waals surface area contributed by atoms with Gasteiger partial charge < -0.3 is 15.1 Å². The number of likely N-dealkylation sites (N-methyl/N-ethyl adjacent to an activating group) is 1. The fourth-order valence-corrected chi connectivity index (χ4v) is 3.32. The van der Waals surface area contributed by atoms with Crippen molar-refractivity contribution in [2.24, 2.45) is 0 Å². The average Bonchev–Trinajstić information content (AvgIpc) is 2.88. The van der Waals surface area contributed by atoms with Crippen molar-refractivity contribution in [3.05, 3.63) is 46.9 Å². The van der Waals surface area contributed by atoms with E-state index in [1.165, 1.54) is 17.0 Å². The monoisotopic (exact) mass is 346 g/mol. The molecule has 0 bridgehead atoms. The van der Waals surface area contributed by atoms with Crippen molar-refractivity contribution in [3.8, 4) is 0 Å². The quantitative estimate of drug-likeness (QED) is 0.881. The van der Waals surface area contributed by atoms with Crippen molar-refractivity contribution in [3.63, 3.8) is 0 Å². The SMILES string of the molecule is CN(C)CCCN1CC2=C(C1=O)C(c1cccc(F)c1)NC(=O)N2C. The molecule has 6 nitrogen and oxygen atoms in total. The van der Waals surface area contributed by atoms with Gasteiger partial charge >= 0.3 is 6.03 Å². The van der Waals surface area contributed by atoms with Crippen molar-refractivity contribution < 1.29 is 14.0 Å². The molecule has 0 fully saturated rings. The molecule has 134 valence electrons. The van der Waals surface area contributed by atoms with E-state index < -0.39 is 6.04 Å². The smallest absolute Gasteiger partial charge is 0.322 e. The lowest BCUT2D eigenvalue weighted by Crippen LogP contribution is -2.45. The summed E-state index contributed by atoms with van der Waals surface area (Å²) in [6, 6.07) is 5.13. The standard InChI is InChI=1S/C18H23FN4O2/c1-21(2)8-5-9-23-11-14-15(17(23)24)16(20-18(25)22(14)3)12-6-4-7-13(19)10-12/h4,6-7,10,16H,5,8-9,11H2,1-3H3,(H,20,25). The number of amides is 3. The second-order valence-corrected chi connectivity index (χ2v) is 6.74. The maximum Gasteiger partial charge on any atom is 0.322 e. The van der Waals surface area contributed by atoms with E-state index in [2.05, 4.69) is 10.2 Å². The summed E-state index contributed by atoms with van der Waals surface area (Å²) in [4.78, 5) is 30.5. The fourth-order valence-electron chi connectivity index (χ4n) is 3.32. The van der Waals surface area contributed by atoms with E-state index in [0.29, 0.717) is 29.9 Å². The molecule has 1 atom stereocenters. The Morgan fingerprint density at radius 2 is 2.08 bits per heavy atom.